The van der Waals surface area contributed by atoms with Gasteiger partial charge in [-0.15, -0.1) is 0 Å². The van der Waals surface area contributed by atoms with Crippen LogP contribution in [0.3, 0.4) is 0 Å². The van der Waals surface area contributed by atoms with E-state index < -0.39 is 0 Å². The molecule has 1 saturated heterocycles. The van der Waals surface area contributed by atoms with E-state index in [4.69, 9.17) is 8.94 Å². The van der Waals surface area contributed by atoms with Crippen LogP contribution in [0.2, 0.25) is 0 Å². The van der Waals surface area contributed by atoms with E-state index in [2.05, 4.69) is 34.0 Å². The summed E-state index contributed by atoms with van der Waals surface area (Å²) >= 11 is 0. The predicted octanol–water partition coefficient (Wildman–Crippen LogP) is 3.02. The molecule has 7 heteroatoms. The zero-order valence-electron chi connectivity index (χ0n) is 14.2. The van der Waals surface area contributed by atoms with E-state index in [0.29, 0.717) is 24.3 Å². The lowest BCUT2D eigenvalue weighted by molar-refractivity contribution is 0.211. The fourth-order valence-corrected chi connectivity index (χ4v) is 3.62. The van der Waals surface area contributed by atoms with Crippen molar-refractivity contribution in [1.29, 1.82) is 0 Å². The van der Waals surface area contributed by atoms with Crippen LogP contribution in [-0.2, 0) is 13.6 Å². The SMILES string of the molecule is Cc1nn(C)c(C)c1[C@@H]1CCCN1Cc1nc(-c2ccoc2)no1. The molecule has 0 bridgehead atoms. The van der Waals surface area contributed by atoms with Crippen molar-refractivity contribution in [2.45, 2.75) is 39.3 Å². The molecule has 0 aromatic carbocycles. The smallest absolute Gasteiger partial charge is 0.241 e. The second kappa shape index (κ2) is 5.90. The summed E-state index contributed by atoms with van der Waals surface area (Å²) in [6.07, 6.45) is 5.53. The van der Waals surface area contributed by atoms with Crippen molar-refractivity contribution in [3.05, 3.63) is 41.4 Å². The van der Waals surface area contributed by atoms with Crippen LogP contribution in [0.1, 0.15) is 41.7 Å². The molecule has 126 valence electrons. The van der Waals surface area contributed by atoms with Gasteiger partial charge in [0.1, 0.15) is 6.26 Å². The lowest BCUT2D eigenvalue weighted by atomic mass is 10.0. The quantitative estimate of drug-likeness (QED) is 0.733. The van der Waals surface area contributed by atoms with Crippen molar-refractivity contribution in [1.82, 2.24) is 24.8 Å². The number of furan rings is 1. The normalized spacial score (nSPS) is 18.5. The maximum absolute atomic E-state index is 5.43. The zero-order valence-corrected chi connectivity index (χ0v) is 14.2. The van der Waals surface area contributed by atoms with E-state index in [1.165, 1.54) is 17.7 Å². The van der Waals surface area contributed by atoms with E-state index in [1.807, 2.05) is 17.8 Å². The van der Waals surface area contributed by atoms with Gasteiger partial charge in [0.2, 0.25) is 11.7 Å². The van der Waals surface area contributed by atoms with Gasteiger partial charge in [-0.05, 0) is 39.3 Å². The number of aryl methyl sites for hydroxylation is 2. The lowest BCUT2D eigenvalue weighted by Crippen LogP contribution is -2.23. The predicted molar refractivity (Wildman–Crippen MR) is 87.1 cm³/mol. The van der Waals surface area contributed by atoms with Crippen molar-refractivity contribution in [3.8, 4) is 11.4 Å². The molecular formula is C17H21N5O2. The summed E-state index contributed by atoms with van der Waals surface area (Å²) in [7, 11) is 2.00. The molecule has 1 aliphatic heterocycles. The van der Waals surface area contributed by atoms with Gasteiger partial charge in [0.15, 0.2) is 0 Å². The average molecular weight is 327 g/mol. The molecule has 24 heavy (non-hydrogen) atoms. The summed E-state index contributed by atoms with van der Waals surface area (Å²) in [5.41, 5.74) is 4.51. The highest BCUT2D eigenvalue weighted by Crippen LogP contribution is 2.36. The lowest BCUT2D eigenvalue weighted by Gasteiger charge is -2.23. The number of aromatic nitrogens is 4. The van der Waals surface area contributed by atoms with Crippen LogP contribution in [0.4, 0.5) is 0 Å². The van der Waals surface area contributed by atoms with Gasteiger partial charge >= 0.3 is 0 Å². The van der Waals surface area contributed by atoms with Crippen molar-refractivity contribution in [2.75, 3.05) is 6.54 Å². The van der Waals surface area contributed by atoms with Gasteiger partial charge in [-0.1, -0.05) is 5.16 Å². The average Bonchev–Trinajstić information content (AvgIpc) is 3.30. The zero-order chi connectivity index (χ0) is 16.7. The van der Waals surface area contributed by atoms with Gasteiger partial charge in [-0.3, -0.25) is 9.58 Å². The summed E-state index contributed by atoms with van der Waals surface area (Å²) in [5, 5.41) is 8.61. The first kappa shape index (κ1) is 15.1. The van der Waals surface area contributed by atoms with Crippen LogP contribution in [0, 0.1) is 13.8 Å². The highest BCUT2D eigenvalue weighted by atomic mass is 16.5. The molecule has 1 aliphatic rings. The van der Waals surface area contributed by atoms with Crippen molar-refractivity contribution < 1.29 is 8.94 Å². The molecule has 0 radical (unpaired) electrons. The Kier molecular flexibility index (Phi) is 3.72. The standard InChI is InChI=1S/C17H21N5O2/c1-11-16(12(2)21(3)19-11)14-5-4-7-22(14)9-15-18-17(20-24-15)13-6-8-23-10-13/h6,8,10,14H,4-5,7,9H2,1-3H3/t14-/m0/s1. The summed E-state index contributed by atoms with van der Waals surface area (Å²) in [5.74, 6) is 1.21. The van der Waals surface area contributed by atoms with E-state index in [1.54, 1.807) is 12.5 Å². The highest BCUT2D eigenvalue weighted by Gasteiger charge is 2.31. The Morgan fingerprint density at radius 1 is 1.33 bits per heavy atom. The number of hydrogen-bond acceptors (Lipinski definition) is 6. The molecule has 7 nitrogen and oxygen atoms in total. The number of likely N-dealkylation sites (tertiary alicyclic amines) is 1. The van der Waals surface area contributed by atoms with Crippen LogP contribution < -0.4 is 0 Å². The number of rotatable bonds is 4. The number of hydrogen-bond donors (Lipinski definition) is 0. The molecule has 0 aliphatic carbocycles. The third-order valence-electron chi connectivity index (χ3n) is 4.85. The summed E-state index contributed by atoms with van der Waals surface area (Å²) in [4.78, 5) is 6.90. The maximum atomic E-state index is 5.43. The fourth-order valence-electron chi connectivity index (χ4n) is 3.62. The Hall–Kier alpha value is -2.41. The van der Waals surface area contributed by atoms with Crippen LogP contribution in [0.15, 0.2) is 27.5 Å². The van der Waals surface area contributed by atoms with E-state index in [0.717, 1.165) is 24.2 Å². The molecule has 4 rings (SSSR count). The fraction of sp³-hybridized carbons (Fsp3) is 0.471. The topological polar surface area (TPSA) is 73.1 Å². The third kappa shape index (κ3) is 2.54. The van der Waals surface area contributed by atoms with Crippen molar-refractivity contribution in [2.24, 2.45) is 7.05 Å². The van der Waals surface area contributed by atoms with Crippen molar-refractivity contribution >= 4 is 0 Å². The van der Waals surface area contributed by atoms with Crippen molar-refractivity contribution in [3.63, 3.8) is 0 Å². The monoisotopic (exact) mass is 327 g/mol. The molecule has 4 heterocycles. The second-order valence-electron chi connectivity index (χ2n) is 6.36. The molecule has 1 atom stereocenters. The molecule has 1 fully saturated rings. The van der Waals surface area contributed by atoms with Gasteiger partial charge in [0, 0.05) is 24.3 Å². The molecule has 0 spiro atoms. The molecule has 3 aromatic heterocycles. The molecular weight excluding hydrogens is 306 g/mol. The minimum Gasteiger partial charge on any atom is -0.472 e. The largest absolute Gasteiger partial charge is 0.472 e. The van der Waals surface area contributed by atoms with Crippen LogP contribution in [0.5, 0.6) is 0 Å². The highest BCUT2D eigenvalue weighted by molar-refractivity contribution is 5.51. The van der Waals surface area contributed by atoms with E-state index >= 15 is 0 Å². The second-order valence-corrected chi connectivity index (χ2v) is 6.36. The van der Waals surface area contributed by atoms with Gasteiger partial charge in [0.05, 0.1) is 24.1 Å². The Morgan fingerprint density at radius 3 is 2.92 bits per heavy atom. The Labute approximate surface area is 140 Å². The minimum absolute atomic E-state index is 0.364. The first-order valence-electron chi connectivity index (χ1n) is 8.23. The van der Waals surface area contributed by atoms with Crippen LogP contribution in [0.25, 0.3) is 11.4 Å². The first-order valence-corrected chi connectivity index (χ1v) is 8.23. The Balaban J connectivity index is 1.56. The van der Waals surface area contributed by atoms with Crippen LogP contribution >= 0.6 is 0 Å². The Bertz CT molecular complexity index is 833. The van der Waals surface area contributed by atoms with Gasteiger partial charge < -0.3 is 8.94 Å². The minimum atomic E-state index is 0.364. The first-order chi connectivity index (χ1) is 11.6. The van der Waals surface area contributed by atoms with E-state index in [-0.39, 0.29) is 0 Å². The molecule has 3 aromatic rings. The molecule has 0 saturated carbocycles. The summed E-state index contributed by atoms with van der Waals surface area (Å²) in [6.45, 7) is 5.91. The maximum Gasteiger partial charge on any atom is 0.241 e. The van der Waals surface area contributed by atoms with Gasteiger partial charge in [0.25, 0.3) is 0 Å². The van der Waals surface area contributed by atoms with Crippen LogP contribution in [-0.4, -0.2) is 31.4 Å². The molecule has 0 amide bonds. The summed E-state index contributed by atoms with van der Waals surface area (Å²) < 4.78 is 12.5. The summed E-state index contributed by atoms with van der Waals surface area (Å²) in [6, 6.07) is 2.19. The molecule has 0 N–H and O–H groups in total. The van der Waals surface area contributed by atoms with Gasteiger partial charge in [-0.2, -0.15) is 10.1 Å². The van der Waals surface area contributed by atoms with E-state index in [9.17, 15) is 0 Å². The van der Waals surface area contributed by atoms with Gasteiger partial charge in [-0.25, -0.2) is 0 Å². The number of nitrogens with zero attached hydrogens (tertiary/aromatic N) is 5. The Morgan fingerprint density at radius 2 is 2.21 bits per heavy atom. The molecule has 0 unspecified atom stereocenters. The third-order valence-corrected chi connectivity index (χ3v) is 4.85.